The maximum Gasteiger partial charge on any atom is 0.243 e. The molecule has 2 fully saturated rings. The number of imidazole rings is 1. The minimum Gasteiger partial charge on any atom is -0.316 e. The van der Waals surface area contributed by atoms with Crippen LogP contribution in [0.1, 0.15) is 62.6 Å². The summed E-state index contributed by atoms with van der Waals surface area (Å²) in [5.74, 6) is 0.696. The van der Waals surface area contributed by atoms with Gasteiger partial charge in [-0.25, -0.2) is 17.8 Å². The summed E-state index contributed by atoms with van der Waals surface area (Å²) in [6.45, 7) is 5.03. The molecule has 1 saturated heterocycles. The van der Waals surface area contributed by atoms with Crippen molar-refractivity contribution in [1.29, 1.82) is 0 Å². The summed E-state index contributed by atoms with van der Waals surface area (Å²) in [5, 5.41) is 0.837. The first-order valence-corrected chi connectivity index (χ1v) is 14.7. The topological polar surface area (TPSA) is 55.2 Å². The van der Waals surface area contributed by atoms with Crippen molar-refractivity contribution in [2.24, 2.45) is 5.92 Å². The van der Waals surface area contributed by atoms with E-state index in [1.54, 1.807) is 29.4 Å². The predicted octanol–water partition coefficient (Wildman–Crippen LogP) is 6.31. The van der Waals surface area contributed by atoms with Crippen LogP contribution in [0, 0.1) is 18.7 Å². The van der Waals surface area contributed by atoms with Crippen molar-refractivity contribution in [1.82, 2.24) is 13.9 Å². The van der Waals surface area contributed by atoms with Gasteiger partial charge in [0.05, 0.1) is 15.9 Å². The van der Waals surface area contributed by atoms with Gasteiger partial charge in [-0.1, -0.05) is 49.7 Å². The maximum atomic E-state index is 14.6. The normalized spacial score (nSPS) is 20.4. The zero-order chi connectivity index (χ0) is 23.9. The molecule has 1 saturated carbocycles. The largest absolute Gasteiger partial charge is 0.316 e. The maximum absolute atomic E-state index is 14.6. The molecule has 3 aromatic rings. The van der Waals surface area contributed by atoms with Gasteiger partial charge >= 0.3 is 0 Å². The third-order valence-corrected chi connectivity index (χ3v) is 10.1. The predicted molar refractivity (Wildman–Crippen MR) is 135 cm³/mol. The highest BCUT2D eigenvalue weighted by molar-refractivity contribution is 7.98. The van der Waals surface area contributed by atoms with E-state index in [1.165, 1.54) is 24.6 Å². The van der Waals surface area contributed by atoms with Gasteiger partial charge in [-0.2, -0.15) is 4.31 Å². The van der Waals surface area contributed by atoms with E-state index in [-0.39, 0.29) is 5.82 Å². The number of sulfonamides is 1. The molecule has 2 aromatic carbocycles. The quantitative estimate of drug-likeness (QED) is 0.371. The van der Waals surface area contributed by atoms with Crippen LogP contribution < -0.4 is 0 Å². The molecule has 1 aliphatic heterocycles. The number of aromatic nitrogens is 2. The first kappa shape index (κ1) is 23.8. The van der Waals surface area contributed by atoms with Crippen LogP contribution >= 0.6 is 11.8 Å². The molecule has 34 heavy (non-hydrogen) atoms. The third kappa shape index (κ3) is 4.52. The smallest absolute Gasteiger partial charge is 0.243 e. The molecule has 0 spiro atoms. The number of thioether (sulfide) groups is 1. The molecule has 0 amide bonds. The highest BCUT2D eigenvalue weighted by atomic mass is 32.2. The van der Waals surface area contributed by atoms with Crippen molar-refractivity contribution < 1.29 is 12.8 Å². The number of hydrogen-bond donors (Lipinski definition) is 0. The molecular weight excluding hydrogens is 469 g/mol. The number of hydrogen-bond acceptors (Lipinski definition) is 4. The number of benzene rings is 2. The number of aryl methyl sites for hydroxylation is 1. The van der Waals surface area contributed by atoms with Gasteiger partial charge in [-0.15, -0.1) is 0 Å². The van der Waals surface area contributed by atoms with Gasteiger partial charge in [0, 0.05) is 24.9 Å². The fourth-order valence-electron chi connectivity index (χ4n) is 5.31. The SMILES string of the molecule is Cc1cccc(CSc2nc3cc(S(=O)(=O)N4CCCC(C)C4)ccc3n2C2CCCC2)c1F. The Morgan fingerprint density at radius 3 is 2.68 bits per heavy atom. The van der Waals surface area contributed by atoms with Gasteiger partial charge in [0.25, 0.3) is 0 Å². The van der Waals surface area contributed by atoms with Gasteiger partial charge < -0.3 is 4.57 Å². The van der Waals surface area contributed by atoms with Crippen molar-refractivity contribution >= 4 is 32.8 Å². The van der Waals surface area contributed by atoms with E-state index in [0.717, 1.165) is 36.4 Å². The van der Waals surface area contributed by atoms with Gasteiger partial charge in [-0.05, 0) is 67.9 Å². The van der Waals surface area contributed by atoms with E-state index >= 15 is 0 Å². The van der Waals surface area contributed by atoms with Gasteiger partial charge in [0.2, 0.25) is 10.0 Å². The van der Waals surface area contributed by atoms with Crippen LogP contribution in [0.25, 0.3) is 11.0 Å². The number of fused-ring (bicyclic) bond motifs is 1. The highest BCUT2D eigenvalue weighted by Crippen LogP contribution is 2.38. The van der Waals surface area contributed by atoms with Crippen molar-refractivity contribution in [3.63, 3.8) is 0 Å². The molecule has 1 aliphatic carbocycles. The standard InChI is InChI=1S/C26H32FN3O2S2/c1-18-7-6-14-29(16-18)34(31,32)22-12-13-24-23(15-22)28-26(30(24)21-10-3-4-11-21)33-17-20-9-5-8-19(2)25(20)27/h5,8-9,12-13,15,18,21H,3-4,6-7,10-11,14,16-17H2,1-2H3. The Bertz CT molecular complexity index is 1300. The number of halogens is 1. The van der Waals surface area contributed by atoms with Crippen molar-refractivity contribution in [2.75, 3.05) is 13.1 Å². The molecule has 182 valence electrons. The average Bonchev–Trinajstić information content (AvgIpc) is 3.47. The van der Waals surface area contributed by atoms with Crippen LogP contribution in [0.2, 0.25) is 0 Å². The lowest BCUT2D eigenvalue weighted by Crippen LogP contribution is -2.39. The molecule has 5 rings (SSSR count). The highest BCUT2D eigenvalue weighted by Gasteiger charge is 2.30. The molecule has 2 heterocycles. The molecule has 1 aromatic heterocycles. The molecule has 0 radical (unpaired) electrons. The van der Waals surface area contributed by atoms with Crippen molar-refractivity contribution in [3.8, 4) is 0 Å². The molecule has 8 heteroatoms. The summed E-state index contributed by atoms with van der Waals surface area (Å²) < 4.78 is 45.2. The van der Waals surface area contributed by atoms with Gasteiger partial charge in [0.15, 0.2) is 5.16 Å². The lowest BCUT2D eigenvalue weighted by atomic mass is 10.0. The van der Waals surface area contributed by atoms with Crippen molar-refractivity contribution in [3.05, 3.63) is 53.3 Å². The number of piperidine rings is 1. The zero-order valence-corrected chi connectivity index (χ0v) is 21.5. The summed E-state index contributed by atoms with van der Waals surface area (Å²) in [5.41, 5.74) is 2.97. The molecule has 5 nitrogen and oxygen atoms in total. The molecule has 1 unspecified atom stereocenters. The Balaban J connectivity index is 1.50. The Kier molecular flexibility index (Phi) is 6.75. The Labute approximate surface area is 205 Å². The van der Waals surface area contributed by atoms with E-state index in [1.807, 2.05) is 18.2 Å². The minimum absolute atomic E-state index is 0.164. The van der Waals surface area contributed by atoms with Crippen LogP contribution in [0.5, 0.6) is 0 Å². The van der Waals surface area contributed by atoms with Crippen LogP contribution in [0.4, 0.5) is 4.39 Å². The Morgan fingerprint density at radius 1 is 1.12 bits per heavy atom. The lowest BCUT2D eigenvalue weighted by Gasteiger charge is -2.30. The summed E-state index contributed by atoms with van der Waals surface area (Å²) in [6.07, 6.45) is 6.50. The minimum atomic E-state index is -3.55. The van der Waals surface area contributed by atoms with Crippen LogP contribution in [0.3, 0.4) is 0 Å². The number of nitrogens with zero attached hydrogens (tertiary/aromatic N) is 3. The summed E-state index contributed by atoms with van der Waals surface area (Å²) in [6, 6.07) is 11.2. The second kappa shape index (κ2) is 9.63. The molecule has 0 bridgehead atoms. The van der Waals surface area contributed by atoms with E-state index in [2.05, 4.69) is 11.5 Å². The molecule has 1 atom stereocenters. The second-order valence-electron chi connectivity index (χ2n) is 9.80. The molecular formula is C26H32FN3O2S2. The van der Waals surface area contributed by atoms with Crippen LogP contribution in [-0.4, -0.2) is 35.4 Å². The third-order valence-electron chi connectivity index (χ3n) is 7.20. The molecule has 0 N–H and O–H groups in total. The van der Waals surface area contributed by atoms with E-state index in [9.17, 15) is 12.8 Å². The van der Waals surface area contributed by atoms with Gasteiger partial charge in [0.1, 0.15) is 5.82 Å². The summed E-state index contributed by atoms with van der Waals surface area (Å²) in [4.78, 5) is 5.19. The number of rotatable bonds is 6. The Morgan fingerprint density at radius 2 is 1.91 bits per heavy atom. The summed E-state index contributed by atoms with van der Waals surface area (Å²) >= 11 is 1.53. The van der Waals surface area contributed by atoms with E-state index in [0.29, 0.717) is 52.3 Å². The lowest BCUT2D eigenvalue weighted by molar-refractivity contribution is 0.281. The van der Waals surface area contributed by atoms with Crippen molar-refractivity contribution in [2.45, 2.75) is 74.2 Å². The monoisotopic (exact) mass is 501 g/mol. The second-order valence-corrected chi connectivity index (χ2v) is 12.7. The zero-order valence-electron chi connectivity index (χ0n) is 19.8. The first-order chi connectivity index (χ1) is 16.3. The van der Waals surface area contributed by atoms with Crippen LogP contribution in [-0.2, 0) is 15.8 Å². The fourth-order valence-corrected chi connectivity index (χ4v) is 7.99. The first-order valence-electron chi connectivity index (χ1n) is 12.2. The summed E-state index contributed by atoms with van der Waals surface area (Å²) in [7, 11) is -3.55. The van der Waals surface area contributed by atoms with E-state index in [4.69, 9.17) is 4.98 Å². The van der Waals surface area contributed by atoms with Gasteiger partial charge in [-0.3, -0.25) is 0 Å². The Hall–Kier alpha value is -1.90. The van der Waals surface area contributed by atoms with E-state index < -0.39 is 10.0 Å². The molecule has 2 aliphatic rings. The van der Waals surface area contributed by atoms with Crippen LogP contribution in [0.15, 0.2) is 46.5 Å². The average molecular weight is 502 g/mol. The fraction of sp³-hybridized carbons (Fsp3) is 0.500.